The first kappa shape index (κ1) is 48.6. The molecule has 0 aliphatic heterocycles. The van der Waals surface area contributed by atoms with Crippen molar-refractivity contribution >= 4 is 54.1 Å². The Morgan fingerprint density at radius 1 is 0.500 bits per heavy atom. The maximum Gasteiger partial charge on any atom is 0.238 e. The topological polar surface area (TPSA) is 43.6 Å². The molecule has 13 rings (SSSR count). The van der Waals surface area contributed by atoms with Crippen LogP contribution in [0.3, 0.4) is 0 Å². The molecular weight excluding hydrogens is 897 g/mol. The highest BCUT2D eigenvalue weighted by atomic mass is 15.2. The van der Waals surface area contributed by atoms with E-state index >= 15 is 0 Å². The van der Waals surface area contributed by atoms with Gasteiger partial charge in [0.1, 0.15) is 0 Å². The van der Waals surface area contributed by atoms with Crippen LogP contribution >= 0.6 is 0 Å². The molecule has 2 aliphatic carbocycles. The molecule has 4 nitrogen and oxygen atoms in total. The zero-order valence-corrected chi connectivity index (χ0v) is 42.9. The van der Waals surface area contributed by atoms with Crippen molar-refractivity contribution in [2.45, 2.75) is 46.5 Å². The van der Waals surface area contributed by atoms with Crippen molar-refractivity contribution in [3.63, 3.8) is 0 Å². The summed E-state index contributed by atoms with van der Waals surface area (Å²) < 4.78 is 2.28. The van der Waals surface area contributed by atoms with E-state index in [9.17, 15) is 0 Å². The maximum atomic E-state index is 5.38. The molecule has 0 radical (unpaired) electrons. The zero-order valence-electron chi connectivity index (χ0n) is 42.9. The second-order valence-electron chi connectivity index (χ2n) is 19.2. The molecule has 0 unspecified atom stereocenters. The molecule has 0 saturated heterocycles. The van der Waals surface area contributed by atoms with Crippen molar-refractivity contribution in [1.82, 2.24) is 19.5 Å². The third-order valence-corrected chi connectivity index (χ3v) is 13.8. The smallest absolute Gasteiger partial charge is 0.238 e. The lowest BCUT2D eigenvalue weighted by atomic mass is 9.82. The lowest BCUT2D eigenvalue weighted by Crippen LogP contribution is -2.14. The number of allylic oxidation sites excluding steroid dienone is 10. The molecular formula is C70H60N4. The summed E-state index contributed by atoms with van der Waals surface area (Å²) in [4.78, 5) is 15.9. The largest absolute Gasteiger partial charge is 0.277 e. The number of benzene rings is 9. The fraction of sp³-hybridized carbons (Fsp3) is 0.100. The minimum absolute atomic E-state index is 0.119. The molecule has 0 spiro atoms. The first-order valence-electron chi connectivity index (χ1n) is 25.5. The summed E-state index contributed by atoms with van der Waals surface area (Å²) in [6, 6.07) is 65.5. The van der Waals surface area contributed by atoms with Crippen LogP contribution in [0, 0.1) is 0 Å². The van der Waals surface area contributed by atoms with Crippen LogP contribution in [0.15, 0.2) is 255 Å². The number of aromatic nitrogens is 4. The highest BCUT2D eigenvalue weighted by Gasteiger charge is 2.36. The SMILES string of the molecule is C/C=C\C=C/C.C=C1C=CC=CC1.C=CC.CC1(C)c2ccc(-c3cccc4c5cc6ccccc6cc5n(-c5nc(-c6ccccc6)nc(-c6ccc7ccccc7c6)n5)c34)cc2-c2c1ccc1ccccc21. The van der Waals surface area contributed by atoms with Gasteiger partial charge in [0.25, 0.3) is 0 Å². The van der Waals surface area contributed by atoms with E-state index in [1.807, 2.05) is 81.5 Å². The second-order valence-corrected chi connectivity index (χ2v) is 19.2. The molecule has 11 aromatic rings. The maximum absolute atomic E-state index is 5.38. The third kappa shape index (κ3) is 9.46. The van der Waals surface area contributed by atoms with E-state index in [-0.39, 0.29) is 5.41 Å². The summed E-state index contributed by atoms with van der Waals surface area (Å²) in [6.45, 7) is 17.7. The van der Waals surface area contributed by atoms with Crippen molar-refractivity contribution in [2.24, 2.45) is 0 Å². The van der Waals surface area contributed by atoms with E-state index in [0.717, 1.165) is 61.3 Å². The van der Waals surface area contributed by atoms with Crippen LogP contribution < -0.4 is 0 Å². The van der Waals surface area contributed by atoms with E-state index in [0.29, 0.717) is 17.6 Å². The highest BCUT2D eigenvalue weighted by molar-refractivity contribution is 6.17. The van der Waals surface area contributed by atoms with Crippen molar-refractivity contribution in [3.05, 3.63) is 267 Å². The number of hydrogen-bond acceptors (Lipinski definition) is 3. The van der Waals surface area contributed by atoms with Crippen LogP contribution in [0.1, 0.15) is 52.2 Å². The Morgan fingerprint density at radius 2 is 1.09 bits per heavy atom. The predicted octanol–water partition coefficient (Wildman–Crippen LogP) is 19.1. The first-order chi connectivity index (χ1) is 36.2. The minimum Gasteiger partial charge on any atom is -0.277 e. The van der Waals surface area contributed by atoms with Gasteiger partial charge in [0.15, 0.2) is 11.6 Å². The Bertz CT molecular complexity index is 4020. The Kier molecular flexibility index (Phi) is 14.1. The van der Waals surface area contributed by atoms with Gasteiger partial charge in [-0.25, -0.2) is 4.98 Å². The summed E-state index contributed by atoms with van der Waals surface area (Å²) in [5.74, 6) is 1.84. The molecule has 2 aromatic heterocycles. The van der Waals surface area contributed by atoms with Crippen molar-refractivity contribution < 1.29 is 0 Å². The molecule has 0 bridgehead atoms. The van der Waals surface area contributed by atoms with Crippen molar-refractivity contribution in [3.8, 4) is 51.0 Å². The third-order valence-electron chi connectivity index (χ3n) is 13.8. The molecule has 0 amide bonds. The Balaban J connectivity index is 0.000000341. The molecule has 0 fully saturated rings. The Labute approximate surface area is 435 Å². The van der Waals surface area contributed by atoms with Crippen LogP contribution in [-0.4, -0.2) is 19.5 Å². The molecule has 0 atom stereocenters. The predicted molar refractivity (Wildman–Crippen MR) is 318 cm³/mol. The lowest BCUT2D eigenvalue weighted by molar-refractivity contribution is 0.661. The van der Waals surface area contributed by atoms with Crippen LogP contribution in [0.2, 0.25) is 0 Å². The molecule has 2 heterocycles. The average Bonchev–Trinajstić information content (AvgIpc) is 3.90. The summed E-state index contributed by atoms with van der Waals surface area (Å²) >= 11 is 0. The minimum atomic E-state index is -0.119. The van der Waals surface area contributed by atoms with Gasteiger partial charge in [-0.05, 0) is 112 Å². The van der Waals surface area contributed by atoms with Gasteiger partial charge < -0.3 is 0 Å². The van der Waals surface area contributed by atoms with Gasteiger partial charge in [-0.2, -0.15) is 9.97 Å². The zero-order chi connectivity index (χ0) is 51.2. The normalized spacial score (nSPS) is 13.1. The quantitative estimate of drug-likeness (QED) is 0.128. The van der Waals surface area contributed by atoms with Gasteiger partial charge in [-0.15, -0.1) is 6.58 Å². The van der Waals surface area contributed by atoms with Gasteiger partial charge in [-0.3, -0.25) is 4.57 Å². The van der Waals surface area contributed by atoms with Crippen LogP contribution in [0.25, 0.3) is 105 Å². The monoisotopic (exact) mass is 956 g/mol. The first-order valence-corrected chi connectivity index (χ1v) is 25.5. The highest BCUT2D eigenvalue weighted by Crippen LogP contribution is 2.52. The van der Waals surface area contributed by atoms with Crippen LogP contribution in [-0.2, 0) is 5.41 Å². The standard InChI is InChI=1S/C54H36N4.C7H8.C6H10.C3H6/c1-54(2)46-27-26-39(31-45(46)49-41-20-11-10-14-34(41)25-28-47(49)54)42-21-12-22-43-44-30-37-18-8-9-19-38(37)32-48(44)58(50(42)43)53-56-51(35-15-4-3-5-16-35)55-52(57-53)40-24-23-33-13-6-7-17-36(33)29-40;1-7-5-3-2-4-6-7;1-3-5-6-4-2;1-3-2/h3-32H,1-2H3;2-5H,1,6H2;3-6H,1-2H3;3H,1H2,2H3/b;;5-3-,6-4-;. The summed E-state index contributed by atoms with van der Waals surface area (Å²) in [7, 11) is 0. The van der Waals surface area contributed by atoms with E-state index in [1.54, 1.807) is 6.08 Å². The number of hydrogen-bond donors (Lipinski definition) is 0. The molecule has 0 saturated carbocycles. The Morgan fingerprint density at radius 3 is 1.77 bits per heavy atom. The average molecular weight is 957 g/mol. The van der Waals surface area contributed by atoms with Crippen molar-refractivity contribution in [2.75, 3.05) is 0 Å². The molecule has 2 aliphatic rings. The van der Waals surface area contributed by atoms with Gasteiger partial charge in [0, 0.05) is 32.9 Å². The number of para-hydroxylation sites is 1. The van der Waals surface area contributed by atoms with Gasteiger partial charge in [0.2, 0.25) is 5.95 Å². The van der Waals surface area contributed by atoms with E-state index < -0.39 is 0 Å². The molecule has 0 N–H and O–H groups in total. The van der Waals surface area contributed by atoms with Crippen LogP contribution in [0.5, 0.6) is 0 Å². The molecule has 74 heavy (non-hydrogen) atoms. The van der Waals surface area contributed by atoms with Crippen molar-refractivity contribution in [1.29, 1.82) is 0 Å². The van der Waals surface area contributed by atoms with E-state index in [1.165, 1.54) is 49.4 Å². The van der Waals surface area contributed by atoms with Gasteiger partial charge in [0.05, 0.1) is 11.0 Å². The lowest BCUT2D eigenvalue weighted by Gasteiger charge is -2.21. The summed E-state index contributed by atoms with van der Waals surface area (Å²) in [5.41, 5.74) is 12.7. The fourth-order valence-corrected chi connectivity index (χ4v) is 10.3. The van der Waals surface area contributed by atoms with E-state index in [4.69, 9.17) is 15.0 Å². The Hall–Kier alpha value is -8.99. The second kappa shape index (κ2) is 21.4. The summed E-state index contributed by atoms with van der Waals surface area (Å²) in [5, 5.41) is 9.54. The number of nitrogens with zero attached hydrogens (tertiary/aromatic N) is 4. The van der Waals surface area contributed by atoms with E-state index in [2.05, 4.69) is 201 Å². The molecule has 4 heteroatoms. The van der Waals surface area contributed by atoms with Gasteiger partial charge >= 0.3 is 0 Å². The number of rotatable bonds is 5. The molecule has 360 valence electrons. The number of fused-ring (bicyclic) bond motifs is 10. The fourth-order valence-electron chi connectivity index (χ4n) is 10.3. The van der Waals surface area contributed by atoms with Crippen LogP contribution in [0.4, 0.5) is 0 Å². The van der Waals surface area contributed by atoms with Gasteiger partial charge in [-0.1, -0.05) is 238 Å². The molecule has 9 aromatic carbocycles. The summed E-state index contributed by atoms with van der Waals surface area (Å²) in [6.07, 6.45) is 18.9.